The smallest absolute Gasteiger partial charge is 0.223 e. The van der Waals surface area contributed by atoms with Crippen LogP contribution in [0, 0.1) is 5.92 Å². The van der Waals surface area contributed by atoms with Crippen molar-refractivity contribution in [3.63, 3.8) is 0 Å². The van der Waals surface area contributed by atoms with Gasteiger partial charge < -0.3 is 4.90 Å². The van der Waals surface area contributed by atoms with Gasteiger partial charge >= 0.3 is 0 Å². The maximum atomic E-state index is 12.4. The Morgan fingerprint density at radius 2 is 2.30 bits per heavy atom. The van der Waals surface area contributed by atoms with Crippen molar-refractivity contribution in [1.29, 1.82) is 0 Å². The van der Waals surface area contributed by atoms with Gasteiger partial charge in [0.2, 0.25) is 5.91 Å². The molecular weight excluding hydrogens is 248 g/mol. The summed E-state index contributed by atoms with van der Waals surface area (Å²) in [6.45, 7) is 5.38. The zero-order valence-electron chi connectivity index (χ0n) is 12.7. The predicted molar refractivity (Wildman–Crippen MR) is 81.2 cm³/mol. The fourth-order valence-electron chi connectivity index (χ4n) is 2.96. The molecule has 1 fully saturated rings. The first kappa shape index (κ1) is 15.0. The molecule has 0 saturated carbocycles. The minimum absolute atomic E-state index is 0.251. The van der Waals surface area contributed by atoms with Gasteiger partial charge in [-0.25, -0.2) is 0 Å². The molecule has 1 saturated heterocycles. The third-order valence-electron chi connectivity index (χ3n) is 4.06. The summed E-state index contributed by atoms with van der Waals surface area (Å²) in [5.74, 6) is 1.06. The monoisotopic (exact) mass is 274 g/mol. The number of hydrogen-bond donors (Lipinski definition) is 0. The summed E-state index contributed by atoms with van der Waals surface area (Å²) in [5.41, 5.74) is 1.18. The zero-order valence-corrected chi connectivity index (χ0v) is 12.7. The second-order valence-corrected chi connectivity index (χ2v) is 6.17. The number of unbranched alkanes of at least 4 members (excludes halogenated alkanes) is 1. The van der Waals surface area contributed by atoms with Crippen molar-refractivity contribution in [2.24, 2.45) is 5.92 Å². The lowest BCUT2D eigenvalue weighted by molar-refractivity contribution is -0.132. The molecule has 0 radical (unpaired) electrons. The van der Waals surface area contributed by atoms with Crippen molar-refractivity contribution >= 4 is 5.91 Å². The Bertz CT molecular complexity index is 416. The molecule has 0 bridgehead atoms. The van der Waals surface area contributed by atoms with Crippen LogP contribution in [0.25, 0.3) is 0 Å². The molecule has 2 rings (SSSR count). The van der Waals surface area contributed by atoms with Gasteiger partial charge in [0.15, 0.2) is 0 Å². The molecule has 0 aliphatic carbocycles. The summed E-state index contributed by atoms with van der Waals surface area (Å²) in [6.07, 6.45) is 9.97. The van der Waals surface area contributed by atoms with E-state index in [1.165, 1.54) is 12.0 Å². The lowest BCUT2D eigenvalue weighted by Gasteiger charge is -2.25. The molecule has 1 aliphatic rings. The summed E-state index contributed by atoms with van der Waals surface area (Å²) in [6, 6.07) is 4.29. The first-order valence-corrected chi connectivity index (χ1v) is 7.88. The summed E-state index contributed by atoms with van der Waals surface area (Å²) in [7, 11) is 0. The Morgan fingerprint density at radius 1 is 1.45 bits per heavy atom. The first-order chi connectivity index (χ1) is 9.68. The number of carbonyl (C=O) groups excluding carboxylic acids is 1. The van der Waals surface area contributed by atoms with Crippen LogP contribution in [-0.4, -0.2) is 22.3 Å². The number of likely N-dealkylation sites (tertiary alicyclic amines) is 1. The van der Waals surface area contributed by atoms with Crippen molar-refractivity contribution in [2.45, 2.75) is 58.4 Å². The van der Waals surface area contributed by atoms with Crippen molar-refractivity contribution in [1.82, 2.24) is 9.88 Å². The van der Waals surface area contributed by atoms with E-state index in [0.29, 0.717) is 12.3 Å². The highest BCUT2D eigenvalue weighted by molar-refractivity contribution is 5.77. The largest absolute Gasteiger partial charge is 0.336 e. The number of nitrogens with zero attached hydrogens (tertiary/aromatic N) is 2. The molecule has 20 heavy (non-hydrogen) atoms. The zero-order chi connectivity index (χ0) is 14.4. The maximum Gasteiger partial charge on any atom is 0.223 e. The van der Waals surface area contributed by atoms with Crippen LogP contribution in [0.1, 0.15) is 64.0 Å². The molecule has 110 valence electrons. The van der Waals surface area contributed by atoms with Crippen LogP contribution < -0.4 is 0 Å². The number of pyridine rings is 1. The van der Waals surface area contributed by atoms with E-state index in [1.54, 1.807) is 6.20 Å². The van der Waals surface area contributed by atoms with E-state index in [0.717, 1.165) is 38.1 Å². The summed E-state index contributed by atoms with van der Waals surface area (Å²) < 4.78 is 0. The van der Waals surface area contributed by atoms with E-state index in [-0.39, 0.29) is 6.04 Å². The quantitative estimate of drug-likeness (QED) is 0.736. The highest BCUT2D eigenvalue weighted by Crippen LogP contribution is 2.32. The molecule has 1 aromatic heterocycles. The van der Waals surface area contributed by atoms with Gasteiger partial charge in [-0.2, -0.15) is 0 Å². The molecular formula is C17H26N2O. The Labute approximate surface area is 122 Å². The normalized spacial score (nSPS) is 18.8. The van der Waals surface area contributed by atoms with Crippen LogP contribution in [0.2, 0.25) is 0 Å². The van der Waals surface area contributed by atoms with Crippen LogP contribution >= 0.6 is 0 Å². The Balaban J connectivity index is 1.86. The van der Waals surface area contributed by atoms with Gasteiger partial charge in [-0.05, 0) is 36.8 Å². The van der Waals surface area contributed by atoms with Crippen molar-refractivity contribution in [2.75, 3.05) is 6.54 Å². The van der Waals surface area contributed by atoms with Crippen LogP contribution in [0.5, 0.6) is 0 Å². The number of hydrogen-bond acceptors (Lipinski definition) is 2. The van der Waals surface area contributed by atoms with Gasteiger partial charge in [0.05, 0.1) is 6.04 Å². The minimum Gasteiger partial charge on any atom is -0.336 e. The standard InChI is InChI=1S/C17H26N2O/c1-14(2)7-3-4-10-17(20)19-12-6-9-16(19)15-8-5-11-18-13-15/h5,8,11,13-14,16H,3-4,6-7,9-10,12H2,1-2H3. The second kappa shape index (κ2) is 7.41. The van der Waals surface area contributed by atoms with Crippen LogP contribution in [0.3, 0.4) is 0 Å². The molecule has 1 unspecified atom stereocenters. The lowest BCUT2D eigenvalue weighted by Crippen LogP contribution is -2.30. The average molecular weight is 274 g/mol. The summed E-state index contributed by atoms with van der Waals surface area (Å²) in [5, 5.41) is 0. The topological polar surface area (TPSA) is 33.2 Å². The van der Waals surface area contributed by atoms with E-state index in [9.17, 15) is 4.79 Å². The van der Waals surface area contributed by atoms with E-state index in [2.05, 4.69) is 29.8 Å². The van der Waals surface area contributed by atoms with Crippen LogP contribution in [-0.2, 0) is 4.79 Å². The molecule has 0 spiro atoms. The summed E-state index contributed by atoms with van der Waals surface area (Å²) >= 11 is 0. The summed E-state index contributed by atoms with van der Waals surface area (Å²) in [4.78, 5) is 18.6. The van der Waals surface area contributed by atoms with E-state index in [1.807, 2.05) is 12.3 Å². The fraction of sp³-hybridized carbons (Fsp3) is 0.647. The molecule has 3 nitrogen and oxygen atoms in total. The third-order valence-corrected chi connectivity index (χ3v) is 4.06. The van der Waals surface area contributed by atoms with Crippen LogP contribution in [0.4, 0.5) is 0 Å². The Kier molecular flexibility index (Phi) is 5.57. The van der Waals surface area contributed by atoms with Crippen LogP contribution in [0.15, 0.2) is 24.5 Å². The van der Waals surface area contributed by atoms with Crippen molar-refractivity contribution < 1.29 is 4.79 Å². The van der Waals surface area contributed by atoms with Gasteiger partial charge in [0.25, 0.3) is 0 Å². The average Bonchev–Trinajstić information content (AvgIpc) is 2.93. The molecule has 2 heterocycles. The first-order valence-electron chi connectivity index (χ1n) is 7.88. The molecule has 1 atom stereocenters. The van der Waals surface area contributed by atoms with Gasteiger partial charge in [-0.3, -0.25) is 9.78 Å². The minimum atomic E-state index is 0.251. The fourth-order valence-corrected chi connectivity index (χ4v) is 2.96. The highest BCUT2D eigenvalue weighted by Gasteiger charge is 2.29. The Morgan fingerprint density at radius 3 is 3.00 bits per heavy atom. The number of amides is 1. The molecule has 0 N–H and O–H groups in total. The van der Waals surface area contributed by atoms with E-state index in [4.69, 9.17) is 0 Å². The lowest BCUT2D eigenvalue weighted by atomic mass is 10.0. The van der Waals surface area contributed by atoms with E-state index >= 15 is 0 Å². The van der Waals surface area contributed by atoms with Gasteiger partial charge in [-0.1, -0.05) is 32.8 Å². The number of aromatic nitrogens is 1. The van der Waals surface area contributed by atoms with E-state index < -0.39 is 0 Å². The SMILES string of the molecule is CC(C)CCCCC(=O)N1CCCC1c1cccnc1. The van der Waals surface area contributed by atoms with Crippen molar-refractivity contribution in [3.8, 4) is 0 Å². The number of carbonyl (C=O) groups is 1. The van der Waals surface area contributed by atoms with Gasteiger partial charge in [0.1, 0.15) is 0 Å². The molecule has 1 aromatic rings. The van der Waals surface area contributed by atoms with Crippen molar-refractivity contribution in [3.05, 3.63) is 30.1 Å². The van der Waals surface area contributed by atoms with Gasteiger partial charge in [-0.15, -0.1) is 0 Å². The van der Waals surface area contributed by atoms with Gasteiger partial charge in [0, 0.05) is 25.4 Å². The molecule has 0 aromatic carbocycles. The molecule has 3 heteroatoms. The predicted octanol–water partition coefficient (Wildman–Crippen LogP) is 3.96. The molecule has 1 amide bonds. The number of rotatable bonds is 6. The third kappa shape index (κ3) is 4.06. The maximum absolute atomic E-state index is 12.4. The second-order valence-electron chi connectivity index (χ2n) is 6.17. The highest BCUT2D eigenvalue weighted by atomic mass is 16.2. The Hall–Kier alpha value is -1.38. The molecule has 1 aliphatic heterocycles.